The van der Waals surface area contributed by atoms with E-state index in [-0.39, 0.29) is 5.91 Å². The molecule has 4 heteroatoms. The molecule has 1 atom stereocenters. The molecule has 1 aliphatic heterocycles. The van der Waals surface area contributed by atoms with E-state index in [4.69, 9.17) is 0 Å². The molecule has 0 aliphatic carbocycles. The van der Waals surface area contributed by atoms with Crippen LogP contribution in [0.1, 0.15) is 18.4 Å². The van der Waals surface area contributed by atoms with Crippen LogP contribution in [0.25, 0.3) is 0 Å². The van der Waals surface area contributed by atoms with Crippen LogP contribution in [0.5, 0.6) is 0 Å². The Morgan fingerprint density at radius 3 is 2.83 bits per heavy atom. The average Bonchev–Trinajstić information content (AvgIpc) is 2.81. The van der Waals surface area contributed by atoms with Gasteiger partial charge < -0.3 is 10.2 Å². The van der Waals surface area contributed by atoms with Gasteiger partial charge in [0.1, 0.15) is 0 Å². The van der Waals surface area contributed by atoms with Crippen molar-refractivity contribution in [3.8, 4) is 0 Å². The maximum Gasteiger partial charge on any atom is 0.227 e. The predicted octanol–water partition coefficient (Wildman–Crippen LogP) is 2.20. The third-order valence-corrected chi connectivity index (χ3v) is 3.93. The molecule has 18 heavy (non-hydrogen) atoms. The normalized spacial score (nSPS) is 19.2. The number of hydrogen-bond acceptors (Lipinski definition) is 2. The summed E-state index contributed by atoms with van der Waals surface area (Å²) in [7, 11) is 1.94. The van der Waals surface area contributed by atoms with E-state index in [2.05, 4.69) is 21.2 Å². The van der Waals surface area contributed by atoms with Crippen LogP contribution in [-0.2, 0) is 11.2 Å². The molecule has 98 valence electrons. The van der Waals surface area contributed by atoms with E-state index in [1.54, 1.807) is 0 Å². The molecule has 1 N–H and O–H groups in total. The van der Waals surface area contributed by atoms with E-state index in [9.17, 15) is 4.79 Å². The van der Waals surface area contributed by atoms with Gasteiger partial charge >= 0.3 is 0 Å². The summed E-state index contributed by atoms with van der Waals surface area (Å²) < 4.78 is 1.05. The fourth-order valence-electron chi connectivity index (χ4n) is 2.49. The SMILES string of the molecule is CNC[C@H]1CCCN1C(=O)Cc1ccc(Br)cc1. The van der Waals surface area contributed by atoms with Crippen molar-refractivity contribution in [1.29, 1.82) is 0 Å². The minimum Gasteiger partial charge on any atom is -0.338 e. The second-order valence-corrected chi connectivity index (χ2v) is 5.66. The van der Waals surface area contributed by atoms with Crippen LogP contribution in [0.3, 0.4) is 0 Å². The first-order valence-corrected chi connectivity index (χ1v) is 7.18. The second-order valence-electron chi connectivity index (χ2n) is 4.74. The predicted molar refractivity (Wildman–Crippen MR) is 76.5 cm³/mol. The standard InChI is InChI=1S/C14H19BrN2O/c1-16-10-13-3-2-8-17(13)14(18)9-11-4-6-12(15)7-5-11/h4-7,13,16H,2-3,8-10H2,1H3/t13-/m1/s1. The molecule has 1 aromatic carbocycles. The van der Waals surface area contributed by atoms with Crippen molar-refractivity contribution in [1.82, 2.24) is 10.2 Å². The monoisotopic (exact) mass is 310 g/mol. The van der Waals surface area contributed by atoms with Gasteiger partial charge in [0.05, 0.1) is 6.42 Å². The van der Waals surface area contributed by atoms with Gasteiger partial charge in [-0.2, -0.15) is 0 Å². The maximum absolute atomic E-state index is 12.3. The third-order valence-electron chi connectivity index (χ3n) is 3.41. The molecule has 1 fully saturated rings. The number of nitrogens with one attached hydrogen (secondary N) is 1. The Bertz CT molecular complexity index is 405. The minimum atomic E-state index is 0.245. The van der Waals surface area contributed by atoms with E-state index in [1.165, 1.54) is 0 Å². The van der Waals surface area contributed by atoms with Crippen molar-refractivity contribution in [2.24, 2.45) is 0 Å². The first kappa shape index (κ1) is 13.6. The molecule has 1 aromatic rings. The van der Waals surface area contributed by atoms with Crippen molar-refractivity contribution in [2.45, 2.75) is 25.3 Å². The van der Waals surface area contributed by atoms with Gasteiger partial charge in [0.25, 0.3) is 0 Å². The van der Waals surface area contributed by atoms with E-state index in [1.807, 2.05) is 36.2 Å². The highest BCUT2D eigenvalue weighted by atomic mass is 79.9. The number of likely N-dealkylation sites (tertiary alicyclic amines) is 1. The fraction of sp³-hybridized carbons (Fsp3) is 0.500. The fourth-order valence-corrected chi connectivity index (χ4v) is 2.75. The van der Waals surface area contributed by atoms with Gasteiger partial charge in [0, 0.05) is 23.6 Å². The van der Waals surface area contributed by atoms with E-state index >= 15 is 0 Å². The Kier molecular flexibility index (Phi) is 4.78. The molecule has 1 amide bonds. The zero-order valence-electron chi connectivity index (χ0n) is 10.7. The number of amides is 1. The maximum atomic E-state index is 12.3. The number of carbonyl (C=O) groups excluding carboxylic acids is 1. The van der Waals surface area contributed by atoms with Crippen LogP contribution in [0.4, 0.5) is 0 Å². The van der Waals surface area contributed by atoms with Gasteiger partial charge in [-0.1, -0.05) is 28.1 Å². The molecule has 0 radical (unpaired) electrons. The largest absolute Gasteiger partial charge is 0.338 e. The summed E-state index contributed by atoms with van der Waals surface area (Å²) in [5.74, 6) is 0.245. The molecule has 0 bridgehead atoms. The molecular formula is C14H19BrN2O. The van der Waals surface area contributed by atoms with Crippen LogP contribution >= 0.6 is 15.9 Å². The van der Waals surface area contributed by atoms with Gasteiger partial charge in [0.2, 0.25) is 5.91 Å². The summed E-state index contributed by atoms with van der Waals surface area (Å²) in [5.41, 5.74) is 1.08. The zero-order valence-corrected chi connectivity index (χ0v) is 12.2. The lowest BCUT2D eigenvalue weighted by Gasteiger charge is -2.24. The Labute approximate surface area is 117 Å². The first-order valence-electron chi connectivity index (χ1n) is 6.39. The molecule has 0 aromatic heterocycles. The minimum absolute atomic E-state index is 0.245. The van der Waals surface area contributed by atoms with Gasteiger partial charge in [-0.25, -0.2) is 0 Å². The topological polar surface area (TPSA) is 32.3 Å². The highest BCUT2D eigenvalue weighted by Crippen LogP contribution is 2.18. The number of halogens is 1. The van der Waals surface area contributed by atoms with Crippen molar-refractivity contribution >= 4 is 21.8 Å². The third kappa shape index (κ3) is 3.33. The number of likely N-dealkylation sites (N-methyl/N-ethyl adjacent to an activating group) is 1. The van der Waals surface area contributed by atoms with Gasteiger partial charge in [-0.05, 0) is 37.6 Å². The summed E-state index contributed by atoms with van der Waals surface area (Å²) in [6, 6.07) is 8.35. The molecule has 0 saturated carbocycles. The quantitative estimate of drug-likeness (QED) is 0.924. The first-order chi connectivity index (χ1) is 8.70. The summed E-state index contributed by atoms with van der Waals surface area (Å²) >= 11 is 3.40. The molecule has 2 rings (SSSR count). The lowest BCUT2D eigenvalue weighted by Crippen LogP contribution is -2.41. The van der Waals surface area contributed by atoms with E-state index in [0.29, 0.717) is 12.5 Å². The van der Waals surface area contributed by atoms with Crippen LogP contribution in [0, 0.1) is 0 Å². The molecule has 1 aliphatic rings. The number of carbonyl (C=O) groups is 1. The van der Waals surface area contributed by atoms with Crippen LogP contribution in [0.2, 0.25) is 0 Å². The highest BCUT2D eigenvalue weighted by molar-refractivity contribution is 9.10. The molecular weight excluding hydrogens is 292 g/mol. The summed E-state index contributed by atoms with van der Waals surface area (Å²) in [5, 5.41) is 3.17. The van der Waals surface area contributed by atoms with Gasteiger partial charge in [0.15, 0.2) is 0 Å². The van der Waals surface area contributed by atoms with E-state index < -0.39 is 0 Å². The van der Waals surface area contributed by atoms with Crippen molar-refractivity contribution in [2.75, 3.05) is 20.1 Å². The average molecular weight is 311 g/mol. The Morgan fingerprint density at radius 2 is 2.17 bits per heavy atom. The smallest absolute Gasteiger partial charge is 0.227 e. The number of hydrogen-bond donors (Lipinski definition) is 1. The summed E-state index contributed by atoms with van der Waals surface area (Å²) in [6.45, 7) is 1.80. The zero-order chi connectivity index (χ0) is 13.0. The van der Waals surface area contributed by atoms with Crippen LogP contribution in [-0.4, -0.2) is 37.0 Å². The number of nitrogens with zero attached hydrogens (tertiary/aromatic N) is 1. The van der Waals surface area contributed by atoms with Crippen LogP contribution in [0.15, 0.2) is 28.7 Å². The molecule has 3 nitrogen and oxygen atoms in total. The van der Waals surface area contributed by atoms with Gasteiger partial charge in [-0.3, -0.25) is 4.79 Å². The van der Waals surface area contributed by atoms with Crippen molar-refractivity contribution < 1.29 is 4.79 Å². The van der Waals surface area contributed by atoms with Crippen LogP contribution < -0.4 is 5.32 Å². The summed E-state index contributed by atoms with van der Waals surface area (Å²) in [4.78, 5) is 14.3. The summed E-state index contributed by atoms with van der Waals surface area (Å²) in [6.07, 6.45) is 2.75. The Hall–Kier alpha value is -0.870. The lowest BCUT2D eigenvalue weighted by molar-refractivity contribution is -0.131. The Morgan fingerprint density at radius 1 is 1.44 bits per heavy atom. The van der Waals surface area contributed by atoms with E-state index in [0.717, 1.165) is 36.0 Å². The molecule has 0 spiro atoms. The van der Waals surface area contributed by atoms with Gasteiger partial charge in [-0.15, -0.1) is 0 Å². The second kappa shape index (κ2) is 6.34. The lowest BCUT2D eigenvalue weighted by atomic mass is 10.1. The molecule has 0 unspecified atom stereocenters. The Balaban J connectivity index is 1.96. The number of rotatable bonds is 4. The highest BCUT2D eigenvalue weighted by Gasteiger charge is 2.27. The number of benzene rings is 1. The molecule has 1 saturated heterocycles. The van der Waals surface area contributed by atoms with Crippen molar-refractivity contribution in [3.63, 3.8) is 0 Å². The van der Waals surface area contributed by atoms with Crippen molar-refractivity contribution in [3.05, 3.63) is 34.3 Å². The molecule has 1 heterocycles.